The molecule has 1 aromatic carbocycles. The summed E-state index contributed by atoms with van der Waals surface area (Å²) in [6, 6.07) is 9.83. The Labute approximate surface area is 106 Å². The summed E-state index contributed by atoms with van der Waals surface area (Å²) in [6.07, 6.45) is 0. The zero-order valence-corrected chi connectivity index (χ0v) is 11.0. The molecule has 0 atom stereocenters. The van der Waals surface area contributed by atoms with Crippen molar-refractivity contribution in [1.29, 1.82) is 0 Å². The minimum absolute atomic E-state index is 0. The number of hydrogen-bond donors (Lipinski definition) is 1. The van der Waals surface area contributed by atoms with Gasteiger partial charge in [0.2, 0.25) is 5.91 Å². The van der Waals surface area contributed by atoms with Crippen LogP contribution in [-0.4, -0.2) is 5.91 Å². The van der Waals surface area contributed by atoms with Crippen LogP contribution in [0.3, 0.4) is 0 Å². The summed E-state index contributed by atoms with van der Waals surface area (Å²) in [5.41, 5.74) is 1.63. The maximum Gasteiger partial charge on any atom is 0.217 e. The maximum atomic E-state index is 10.5. The van der Waals surface area contributed by atoms with E-state index in [1.54, 1.807) is 0 Å². The van der Waals surface area contributed by atoms with Crippen molar-refractivity contribution in [1.82, 2.24) is 5.32 Å². The van der Waals surface area contributed by atoms with Gasteiger partial charge in [0.1, 0.15) is 0 Å². The second kappa shape index (κ2) is 8.80. The summed E-state index contributed by atoms with van der Waals surface area (Å²) in [5, 5.41) is 2.72. The molecule has 0 aliphatic heterocycles. The molecular formula is C15H27NO. The third kappa shape index (κ3) is 17.3. The zero-order chi connectivity index (χ0) is 12.6. The van der Waals surface area contributed by atoms with Crippen molar-refractivity contribution in [2.75, 3.05) is 0 Å². The van der Waals surface area contributed by atoms with Crippen LogP contribution in [0, 0.1) is 5.41 Å². The van der Waals surface area contributed by atoms with Crippen LogP contribution in [0.2, 0.25) is 0 Å². The predicted octanol–water partition coefficient (Wildman–Crippen LogP) is 4.01. The van der Waals surface area contributed by atoms with Gasteiger partial charge in [-0.25, -0.2) is 0 Å². The van der Waals surface area contributed by atoms with E-state index in [1.807, 2.05) is 30.3 Å². The molecule has 0 unspecified atom stereocenters. The number of hydrogen-bond acceptors (Lipinski definition) is 1. The lowest BCUT2D eigenvalue weighted by Gasteiger charge is -2.05. The molecule has 1 N–H and O–H groups in total. The molecule has 98 valence electrons. The first-order chi connectivity index (χ1) is 7.29. The van der Waals surface area contributed by atoms with Gasteiger partial charge in [-0.3, -0.25) is 4.79 Å². The molecule has 0 aromatic heterocycles. The normalized spacial score (nSPS) is 9.47. The number of benzene rings is 1. The van der Waals surface area contributed by atoms with Crippen molar-refractivity contribution in [2.45, 2.75) is 48.6 Å². The van der Waals surface area contributed by atoms with Crippen molar-refractivity contribution in [2.24, 2.45) is 5.41 Å². The monoisotopic (exact) mass is 237 g/mol. The highest BCUT2D eigenvalue weighted by molar-refractivity contribution is 5.72. The van der Waals surface area contributed by atoms with E-state index in [0.29, 0.717) is 12.0 Å². The lowest BCUT2D eigenvalue weighted by atomic mass is 10.0. The van der Waals surface area contributed by atoms with Gasteiger partial charge >= 0.3 is 0 Å². The van der Waals surface area contributed by atoms with Crippen molar-refractivity contribution < 1.29 is 4.79 Å². The Hall–Kier alpha value is -1.31. The summed E-state index contributed by atoms with van der Waals surface area (Å²) >= 11 is 0. The molecule has 0 aliphatic carbocycles. The number of carbonyl (C=O) groups is 1. The van der Waals surface area contributed by atoms with Crippen LogP contribution in [0.4, 0.5) is 0 Å². The number of nitrogens with one attached hydrogen (secondary N) is 1. The van der Waals surface area contributed by atoms with Gasteiger partial charge in [-0.15, -0.1) is 0 Å². The van der Waals surface area contributed by atoms with E-state index < -0.39 is 0 Å². The lowest BCUT2D eigenvalue weighted by molar-refractivity contribution is -0.119. The summed E-state index contributed by atoms with van der Waals surface area (Å²) in [5.74, 6) is 0.00820. The predicted molar refractivity (Wildman–Crippen MR) is 75.8 cm³/mol. The Morgan fingerprint density at radius 1 is 1.12 bits per heavy atom. The van der Waals surface area contributed by atoms with Crippen molar-refractivity contribution in [3.8, 4) is 0 Å². The van der Waals surface area contributed by atoms with Gasteiger partial charge in [0.15, 0.2) is 0 Å². The minimum atomic E-state index is 0. The molecule has 0 bridgehead atoms. The van der Waals surface area contributed by atoms with E-state index in [9.17, 15) is 4.79 Å². The Bertz CT molecular complexity index is 292. The molecule has 17 heavy (non-hydrogen) atoms. The van der Waals surface area contributed by atoms with Gasteiger partial charge in [-0.05, 0) is 11.0 Å². The number of carbonyl (C=O) groups excluding carboxylic acids is 1. The van der Waals surface area contributed by atoms with Gasteiger partial charge in [0.05, 0.1) is 0 Å². The molecular weight excluding hydrogens is 210 g/mol. The fourth-order valence-electron chi connectivity index (χ4n) is 0.822. The molecule has 1 amide bonds. The quantitative estimate of drug-likeness (QED) is 0.827. The highest BCUT2D eigenvalue weighted by Crippen LogP contribution is 2.08. The zero-order valence-electron chi connectivity index (χ0n) is 11.0. The minimum Gasteiger partial charge on any atom is -0.352 e. The standard InChI is InChI=1S/C9H11NO.C5H12.CH4/c1-8(11)10-7-9-5-3-2-4-6-9;1-5(2,3)4;/h2-6H,7H2,1H3,(H,10,11);1-4H3;1H4. The van der Waals surface area contributed by atoms with Crippen molar-refractivity contribution in [3.05, 3.63) is 35.9 Å². The second-order valence-corrected chi connectivity index (χ2v) is 5.40. The average Bonchev–Trinajstić information content (AvgIpc) is 2.14. The fourth-order valence-corrected chi connectivity index (χ4v) is 0.822. The first-order valence-corrected chi connectivity index (χ1v) is 5.57. The van der Waals surface area contributed by atoms with E-state index >= 15 is 0 Å². The van der Waals surface area contributed by atoms with E-state index in [-0.39, 0.29) is 13.3 Å². The van der Waals surface area contributed by atoms with Crippen LogP contribution in [0.5, 0.6) is 0 Å². The molecule has 0 fully saturated rings. The second-order valence-electron chi connectivity index (χ2n) is 5.40. The summed E-state index contributed by atoms with van der Waals surface area (Å²) in [4.78, 5) is 10.5. The molecule has 2 nitrogen and oxygen atoms in total. The van der Waals surface area contributed by atoms with E-state index in [0.717, 1.165) is 5.56 Å². The van der Waals surface area contributed by atoms with Gasteiger partial charge in [-0.2, -0.15) is 0 Å². The van der Waals surface area contributed by atoms with Crippen LogP contribution in [-0.2, 0) is 11.3 Å². The Morgan fingerprint density at radius 2 is 1.53 bits per heavy atom. The fraction of sp³-hybridized carbons (Fsp3) is 0.533. The molecule has 0 spiro atoms. The Morgan fingerprint density at radius 3 is 1.88 bits per heavy atom. The smallest absolute Gasteiger partial charge is 0.217 e. The van der Waals surface area contributed by atoms with Crippen molar-refractivity contribution >= 4 is 5.91 Å². The molecule has 1 rings (SSSR count). The van der Waals surface area contributed by atoms with Gasteiger partial charge in [0, 0.05) is 13.5 Å². The molecule has 1 aromatic rings. The summed E-state index contributed by atoms with van der Waals surface area (Å²) in [7, 11) is 0. The van der Waals surface area contributed by atoms with Crippen LogP contribution in [0.25, 0.3) is 0 Å². The van der Waals surface area contributed by atoms with E-state index in [1.165, 1.54) is 6.92 Å². The maximum absolute atomic E-state index is 10.5. The molecule has 2 heteroatoms. The summed E-state index contributed by atoms with van der Waals surface area (Å²) in [6.45, 7) is 10.9. The molecule has 0 heterocycles. The van der Waals surface area contributed by atoms with Gasteiger partial charge in [-0.1, -0.05) is 65.5 Å². The molecule has 0 aliphatic rings. The van der Waals surface area contributed by atoms with E-state index in [2.05, 4.69) is 33.0 Å². The topological polar surface area (TPSA) is 29.1 Å². The number of amides is 1. The first-order valence-electron chi connectivity index (χ1n) is 5.57. The molecule has 0 saturated heterocycles. The van der Waals surface area contributed by atoms with Crippen LogP contribution < -0.4 is 5.32 Å². The first kappa shape index (κ1) is 18.1. The lowest BCUT2D eigenvalue weighted by Crippen LogP contribution is -2.18. The van der Waals surface area contributed by atoms with E-state index in [4.69, 9.17) is 0 Å². The molecule has 0 radical (unpaired) electrons. The highest BCUT2D eigenvalue weighted by atomic mass is 16.1. The van der Waals surface area contributed by atoms with Crippen LogP contribution in [0.1, 0.15) is 47.6 Å². The summed E-state index contributed by atoms with van der Waals surface area (Å²) < 4.78 is 0. The SMILES string of the molecule is C.CC(=O)NCc1ccccc1.CC(C)(C)C. The van der Waals surface area contributed by atoms with Gasteiger partial charge in [0.25, 0.3) is 0 Å². The largest absolute Gasteiger partial charge is 0.352 e. The average molecular weight is 237 g/mol. The van der Waals surface area contributed by atoms with Crippen molar-refractivity contribution in [3.63, 3.8) is 0 Å². The third-order valence-corrected chi connectivity index (χ3v) is 1.38. The Kier molecular flexibility index (Phi) is 9.35. The van der Waals surface area contributed by atoms with Gasteiger partial charge < -0.3 is 5.32 Å². The molecule has 0 saturated carbocycles. The third-order valence-electron chi connectivity index (χ3n) is 1.38. The number of rotatable bonds is 2. The highest BCUT2D eigenvalue weighted by Gasteiger charge is 1.95. The Balaban J connectivity index is 0. The van der Waals surface area contributed by atoms with Crippen LogP contribution in [0.15, 0.2) is 30.3 Å². The van der Waals surface area contributed by atoms with Crippen LogP contribution >= 0.6 is 0 Å².